The quantitative estimate of drug-likeness (QED) is 0.779. The van der Waals surface area contributed by atoms with Gasteiger partial charge in [-0.05, 0) is 31.5 Å². The highest BCUT2D eigenvalue weighted by molar-refractivity contribution is 5.97. The fraction of sp³-hybridized carbons (Fsp3) is 0.353. The van der Waals surface area contributed by atoms with Crippen LogP contribution in [0.25, 0.3) is 11.1 Å². The maximum atomic E-state index is 12.9. The van der Waals surface area contributed by atoms with Crippen LogP contribution in [0.1, 0.15) is 34.2 Å². The predicted molar refractivity (Wildman–Crippen MR) is 91.2 cm³/mol. The number of nitrogens with one attached hydrogen (secondary N) is 1. The molecule has 128 valence electrons. The predicted octanol–water partition coefficient (Wildman–Crippen LogP) is 1.95. The highest BCUT2D eigenvalue weighted by atomic mass is 16.5. The van der Waals surface area contributed by atoms with Crippen LogP contribution in [0.5, 0.6) is 0 Å². The van der Waals surface area contributed by atoms with Crippen LogP contribution in [0.4, 0.5) is 5.82 Å². The van der Waals surface area contributed by atoms with Crippen LogP contribution in [-0.2, 0) is 13.0 Å². The molecular weight excluding hydrogens is 320 g/mol. The number of carbonyl (C=O) groups is 1. The van der Waals surface area contributed by atoms with E-state index in [0.29, 0.717) is 30.8 Å². The molecule has 3 aromatic rings. The molecule has 1 amide bonds. The molecule has 0 aromatic carbocycles. The molecule has 0 bridgehead atoms. The summed E-state index contributed by atoms with van der Waals surface area (Å²) in [5.74, 6) is 0.682. The molecule has 0 spiro atoms. The Morgan fingerprint density at radius 3 is 3.08 bits per heavy atom. The van der Waals surface area contributed by atoms with Crippen LogP contribution >= 0.6 is 0 Å². The van der Waals surface area contributed by atoms with E-state index in [9.17, 15) is 4.79 Å². The molecule has 0 saturated heterocycles. The molecule has 0 atom stereocenters. The number of pyridine rings is 1. The van der Waals surface area contributed by atoms with Gasteiger partial charge in [0.2, 0.25) is 0 Å². The summed E-state index contributed by atoms with van der Waals surface area (Å²) in [4.78, 5) is 18.9. The smallest absolute Gasteiger partial charge is 0.257 e. The second kappa shape index (κ2) is 6.12. The van der Waals surface area contributed by atoms with Crippen LogP contribution in [0.3, 0.4) is 0 Å². The number of aromatic nitrogens is 4. The van der Waals surface area contributed by atoms with Gasteiger partial charge in [-0.15, -0.1) is 5.10 Å². The number of hydrogen-bond acceptors (Lipinski definition) is 7. The molecule has 0 saturated carbocycles. The second-order valence-electron chi connectivity index (χ2n) is 6.05. The molecule has 1 aliphatic heterocycles. The van der Waals surface area contributed by atoms with Gasteiger partial charge in [-0.3, -0.25) is 4.79 Å². The molecule has 3 aromatic heterocycles. The van der Waals surface area contributed by atoms with Gasteiger partial charge in [-0.25, -0.2) is 4.98 Å². The van der Waals surface area contributed by atoms with Gasteiger partial charge in [0.05, 0.1) is 22.3 Å². The minimum Gasteiger partial charge on any atom is -0.369 e. The molecule has 0 aliphatic carbocycles. The van der Waals surface area contributed by atoms with E-state index in [1.54, 1.807) is 12.3 Å². The third-order valence-electron chi connectivity index (χ3n) is 4.34. The van der Waals surface area contributed by atoms with Crippen molar-refractivity contribution in [3.8, 4) is 0 Å². The van der Waals surface area contributed by atoms with Crippen molar-refractivity contribution in [3.63, 3.8) is 0 Å². The van der Waals surface area contributed by atoms with Crippen LogP contribution in [-0.4, -0.2) is 44.2 Å². The van der Waals surface area contributed by atoms with Crippen LogP contribution in [0.15, 0.2) is 22.9 Å². The number of amides is 1. The zero-order valence-electron chi connectivity index (χ0n) is 14.1. The van der Waals surface area contributed by atoms with Crippen LogP contribution < -0.4 is 5.32 Å². The second-order valence-corrected chi connectivity index (χ2v) is 6.05. The third kappa shape index (κ3) is 2.79. The number of aryl methyl sites for hydroxylation is 1. The van der Waals surface area contributed by atoms with Gasteiger partial charge in [0.25, 0.3) is 11.6 Å². The molecule has 0 radical (unpaired) electrons. The van der Waals surface area contributed by atoms with Crippen molar-refractivity contribution in [2.75, 3.05) is 18.4 Å². The minimum atomic E-state index is -0.0533. The minimum absolute atomic E-state index is 0.0533. The van der Waals surface area contributed by atoms with E-state index in [2.05, 4.69) is 25.7 Å². The lowest BCUT2D eigenvalue weighted by atomic mass is 10.1. The molecule has 1 N–H and O–H groups in total. The van der Waals surface area contributed by atoms with Gasteiger partial charge in [0.15, 0.2) is 0 Å². The van der Waals surface area contributed by atoms with E-state index in [4.69, 9.17) is 4.52 Å². The Morgan fingerprint density at radius 2 is 2.24 bits per heavy atom. The summed E-state index contributed by atoms with van der Waals surface area (Å²) in [7, 11) is 0. The number of fused-ring (bicyclic) bond motifs is 2. The molecule has 8 nitrogen and oxygen atoms in total. The van der Waals surface area contributed by atoms with Gasteiger partial charge in [-0.2, -0.15) is 5.10 Å². The Bertz CT molecular complexity index is 951. The van der Waals surface area contributed by atoms with Crippen LogP contribution in [0.2, 0.25) is 0 Å². The topological polar surface area (TPSA) is 97.0 Å². The lowest BCUT2D eigenvalue weighted by molar-refractivity contribution is 0.0733. The Morgan fingerprint density at radius 1 is 1.36 bits per heavy atom. The zero-order valence-corrected chi connectivity index (χ0v) is 14.1. The van der Waals surface area contributed by atoms with E-state index >= 15 is 0 Å². The maximum absolute atomic E-state index is 12.9. The van der Waals surface area contributed by atoms with Crippen molar-refractivity contribution in [2.45, 2.75) is 26.8 Å². The monoisotopic (exact) mass is 338 g/mol. The van der Waals surface area contributed by atoms with Crippen molar-refractivity contribution < 1.29 is 9.32 Å². The number of carbonyl (C=O) groups excluding carboxylic acids is 1. The van der Waals surface area contributed by atoms with Crippen LogP contribution in [0, 0.1) is 6.92 Å². The van der Waals surface area contributed by atoms with Gasteiger partial charge < -0.3 is 14.7 Å². The van der Waals surface area contributed by atoms with Crippen molar-refractivity contribution in [3.05, 3.63) is 40.8 Å². The van der Waals surface area contributed by atoms with Gasteiger partial charge in [0, 0.05) is 32.3 Å². The number of hydrogen-bond donors (Lipinski definition) is 1. The standard InChI is InChI=1S/C17H18N6O2/c1-3-18-15-7-12-9-23(5-4-14(12)20-21-15)17(24)11-6-13-10(2)22-25-16(13)19-8-11/h6-8H,3-5,9H2,1-2H3,(H,18,21). The first-order valence-electron chi connectivity index (χ1n) is 8.26. The lowest BCUT2D eigenvalue weighted by Gasteiger charge is -2.28. The van der Waals surface area contributed by atoms with Crippen molar-refractivity contribution in [1.82, 2.24) is 25.2 Å². The molecule has 25 heavy (non-hydrogen) atoms. The maximum Gasteiger partial charge on any atom is 0.257 e. The molecule has 4 heterocycles. The highest BCUT2D eigenvalue weighted by Crippen LogP contribution is 2.22. The zero-order chi connectivity index (χ0) is 17.4. The summed E-state index contributed by atoms with van der Waals surface area (Å²) >= 11 is 0. The molecule has 1 aliphatic rings. The fourth-order valence-electron chi connectivity index (χ4n) is 3.01. The third-order valence-corrected chi connectivity index (χ3v) is 4.34. The Hall–Kier alpha value is -3.03. The molecule has 0 fully saturated rings. The SMILES string of the molecule is CCNc1cc2c(nn1)CCN(C(=O)c1cnc3onc(C)c3c1)C2. The first-order chi connectivity index (χ1) is 12.2. The van der Waals surface area contributed by atoms with Crippen molar-refractivity contribution >= 4 is 22.8 Å². The summed E-state index contributed by atoms with van der Waals surface area (Å²) in [6.07, 6.45) is 2.24. The van der Waals surface area contributed by atoms with E-state index in [0.717, 1.165) is 34.7 Å². The normalized spacial score (nSPS) is 13.8. The van der Waals surface area contributed by atoms with E-state index in [1.807, 2.05) is 24.8 Å². The average molecular weight is 338 g/mol. The summed E-state index contributed by atoms with van der Waals surface area (Å²) in [5, 5.41) is 16.2. The fourth-order valence-corrected chi connectivity index (χ4v) is 3.01. The van der Waals surface area contributed by atoms with E-state index in [-0.39, 0.29) is 5.91 Å². The number of rotatable bonds is 3. The van der Waals surface area contributed by atoms with E-state index < -0.39 is 0 Å². The Balaban J connectivity index is 1.60. The summed E-state index contributed by atoms with van der Waals surface area (Å²) in [5.41, 5.74) is 3.70. The largest absolute Gasteiger partial charge is 0.369 e. The summed E-state index contributed by atoms with van der Waals surface area (Å²) in [6.45, 7) is 5.75. The highest BCUT2D eigenvalue weighted by Gasteiger charge is 2.24. The Labute approximate surface area is 144 Å². The van der Waals surface area contributed by atoms with Gasteiger partial charge in [0.1, 0.15) is 5.82 Å². The molecule has 0 unspecified atom stereocenters. The van der Waals surface area contributed by atoms with Gasteiger partial charge >= 0.3 is 0 Å². The first-order valence-corrected chi connectivity index (χ1v) is 8.26. The molecular formula is C17H18N6O2. The van der Waals surface area contributed by atoms with Crippen molar-refractivity contribution in [1.29, 1.82) is 0 Å². The number of nitrogens with zero attached hydrogens (tertiary/aromatic N) is 5. The summed E-state index contributed by atoms with van der Waals surface area (Å²) in [6, 6.07) is 3.76. The first kappa shape index (κ1) is 15.5. The van der Waals surface area contributed by atoms with Gasteiger partial charge in [-0.1, -0.05) is 5.16 Å². The summed E-state index contributed by atoms with van der Waals surface area (Å²) < 4.78 is 5.10. The van der Waals surface area contributed by atoms with E-state index in [1.165, 1.54) is 0 Å². The Kier molecular flexibility index (Phi) is 3.79. The van der Waals surface area contributed by atoms with Crippen molar-refractivity contribution in [2.24, 2.45) is 0 Å². The average Bonchev–Trinajstić information content (AvgIpc) is 3.01. The molecule has 8 heteroatoms. The lowest BCUT2D eigenvalue weighted by Crippen LogP contribution is -2.36. The number of anilines is 1. The molecule has 4 rings (SSSR count).